The number of alkyl halides is 3. The van der Waals surface area contributed by atoms with Gasteiger partial charge in [-0.3, -0.25) is 15.0 Å². The summed E-state index contributed by atoms with van der Waals surface area (Å²) in [5.74, 6) is -0.0101. The van der Waals surface area contributed by atoms with Gasteiger partial charge in [-0.15, -0.1) is 0 Å². The highest BCUT2D eigenvalue weighted by Crippen LogP contribution is 2.39. The summed E-state index contributed by atoms with van der Waals surface area (Å²) in [4.78, 5) is 41.6. The number of aromatic nitrogens is 3. The number of amides is 3. The van der Waals surface area contributed by atoms with Crippen molar-refractivity contribution in [3.05, 3.63) is 48.7 Å². The average molecular weight is 487 g/mol. The van der Waals surface area contributed by atoms with E-state index in [0.29, 0.717) is 36.5 Å². The van der Waals surface area contributed by atoms with Crippen LogP contribution in [0.2, 0.25) is 0 Å². The van der Waals surface area contributed by atoms with Crippen LogP contribution in [0.5, 0.6) is 0 Å². The summed E-state index contributed by atoms with van der Waals surface area (Å²) in [6.07, 6.45) is 0.414. The van der Waals surface area contributed by atoms with Gasteiger partial charge >= 0.3 is 12.2 Å². The van der Waals surface area contributed by atoms with Gasteiger partial charge in [0.25, 0.3) is 5.91 Å². The number of nitrogens with zero attached hydrogens (tertiary/aromatic N) is 5. The van der Waals surface area contributed by atoms with Crippen molar-refractivity contribution in [2.45, 2.75) is 31.6 Å². The number of nitrogens with one attached hydrogen (secondary N) is 2. The second-order valence-corrected chi connectivity index (χ2v) is 8.26. The van der Waals surface area contributed by atoms with Gasteiger partial charge in [-0.1, -0.05) is 0 Å². The summed E-state index contributed by atoms with van der Waals surface area (Å²) in [6, 6.07) is 3.49. The summed E-state index contributed by atoms with van der Waals surface area (Å²) in [6.45, 7) is 2.10. The van der Waals surface area contributed by atoms with Crippen molar-refractivity contribution in [3.63, 3.8) is 0 Å². The SMILES string of the molecule is C[C@H](NC(=O)c1ccc2c(n1)N(C(=O)Nc1cc(-c3cnco3)ccn1)[C@H]1CCN2C1)C(F)(F)F. The zero-order valence-corrected chi connectivity index (χ0v) is 18.4. The molecular formula is C22H20F3N7O3. The Kier molecular flexibility index (Phi) is 5.53. The number of hydrogen-bond acceptors (Lipinski definition) is 7. The highest BCUT2D eigenvalue weighted by atomic mass is 19.4. The average Bonchev–Trinajstić information content (AvgIpc) is 3.50. The summed E-state index contributed by atoms with van der Waals surface area (Å²) in [5.41, 5.74) is 1.07. The molecule has 2 bridgehead atoms. The molecule has 2 aliphatic heterocycles. The number of pyridine rings is 2. The van der Waals surface area contributed by atoms with Crippen molar-refractivity contribution in [2.24, 2.45) is 0 Å². The Labute approximate surface area is 197 Å². The molecule has 1 fully saturated rings. The molecule has 0 radical (unpaired) electrons. The fourth-order valence-corrected chi connectivity index (χ4v) is 4.13. The first-order chi connectivity index (χ1) is 16.7. The number of anilines is 3. The molecule has 1 saturated heterocycles. The highest BCUT2D eigenvalue weighted by Gasteiger charge is 2.41. The molecule has 10 nitrogen and oxygen atoms in total. The van der Waals surface area contributed by atoms with E-state index in [0.717, 1.165) is 6.92 Å². The Bertz CT molecular complexity index is 1270. The number of hydrogen-bond donors (Lipinski definition) is 2. The lowest BCUT2D eigenvalue weighted by atomic mass is 10.1. The van der Waals surface area contributed by atoms with Gasteiger partial charge < -0.3 is 14.6 Å². The first-order valence-electron chi connectivity index (χ1n) is 10.8. The zero-order chi connectivity index (χ0) is 24.7. The molecule has 182 valence electrons. The molecule has 3 amide bonds. The fraction of sp³-hybridized carbons (Fsp3) is 0.318. The highest BCUT2D eigenvalue weighted by molar-refractivity contribution is 6.05. The van der Waals surface area contributed by atoms with Crippen molar-refractivity contribution in [1.82, 2.24) is 20.3 Å². The maximum atomic E-state index is 13.3. The minimum Gasteiger partial charge on any atom is -0.444 e. The van der Waals surface area contributed by atoms with Crippen LogP contribution in [0.25, 0.3) is 11.3 Å². The molecule has 0 spiro atoms. The molecule has 2 aliphatic rings. The van der Waals surface area contributed by atoms with E-state index < -0.39 is 24.2 Å². The number of fused-ring (bicyclic) bond motifs is 4. The summed E-state index contributed by atoms with van der Waals surface area (Å²) in [7, 11) is 0. The molecule has 5 heterocycles. The van der Waals surface area contributed by atoms with Crippen molar-refractivity contribution in [1.29, 1.82) is 0 Å². The van der Waals surface area contributed by atoms with Crippen molar-refractivity contribution >= 4 is 29.3 Å². The van der Waals surface area contributed by atoms with Crippen LogP contribution in [0.15, 0.2) is 47.5 Å². The predicted octanol–water partition coefficient (Wildman–Crippen LogP) is 3.44. The number of rotatable bonds is 4. The molecule has 13 heteroatoms. The first kappa shape index (κ1) is 22.6. The molecule has 3 aromatic heterocycles. The topological polar surface area (TPSA) is 116 Å². The molecular weight excluding hydrogens is 467 g/mol. The molecule has 35 heavy (non-hydrogen) atoms. The standard InChI is InChI=1S/C22H20F3N7O3/c1-12(22(23,24)25)28-20(33)15-2-3-16-19(29-15)32(14-5-7-31(16)10-14)21(34)30-18-8-13(4-6-27-18)17-9-26-11-35-17/h2-4,6,8-9,11-12,14H,5,7,10H2,1H3,(H,28,33)(H,27,30,34)/t12-,14-/m0/s1. The van der Waals surface area contributed by atoms with Gasteiger partial charge in [0, 0.05) is 24.8 Å². The van der Waals surface area contributed by atoms with Gasteiger partial charge in [0.05, 0.1) is 17.9 Å². The third-order valence-electron chi connectivity index (χ3n) is 5.95. The number of urea groups is 1. The summed E-state index contributed by atoms with van der Waals surface area (Å²) in [5, 5.41) is 4.65. The van der Waals surface area contributed by atoms with E-state index in [9.17, 15) is 22.8 Å². The van der Waals surface area contributed by atoms with Gasteiger partial charge in [-0.2, -0.15) is 13.2 Å². The van der Waals surface area contributed by atoms with E-state index >= 15 is 0 Å². The van der Waals surface area contributed by atoms with Gasteiger partial charge in [0.1, 0.15) is 17.6 Å². The van der Waals surface area contributed by atoms with E-state index in [1.165, 1.54) is 29.8 Å². The second kappa shape index (κ2) is 8.56. The Morgan fingerprint density at radius 1 is 1.26 bits per heavy atom. The number of halogens is 3. The van der Waals surface area contributed by atoms with Crippen LogP contribution < -0.4 is 20.4 Å². The largest absolute Gasteiger partial charge is 0.444 e. The van der Waals surface area contributed by atoms with E-state index in [-0.39, 0.29) is 23.4 Å². The van der Waals surface area contributed by atoms with Crippen LogP contribution in [0, 0.1) is 0 Å². The van der Waals surface area contributed by atoms with Crippen molar-refractivity contribution in [2.75, 3.05) is 28.2 Å². The summed E-state index contributed by atoms with van der Waals surface area (Å²) >= 11 is 0. The molecule has 3 aromatic rings. The monoisotopic (exact) mass is 487 g/mol. The molecule has 0 aliphatic carbocycles. The van der Waals surface area contributed by atoms with Crippen LogP contribution >= 0.6 is 0 Å². The lowest BCUT2D eigenvalue weighted by Gasteiger charge is -2.35. The normalized spacial score (nSPS) is 17.7. The lowest BCUT2D eigenvalue weighted by Crippen LogP contribution is -2.49. The third-order valence-corrected chi connectivity index (χ3v) is 5.95. The first-order valence-corrected chi connectivity index (χ1v) is 10.8. The van der Waals surface area contributed by atoms with Crippen molar-refractivity contribution < 1.29 is 27.2 Å². The van der Waals surface area contributed by atoms with Crippen LogP contribution in [-0.2, 0) is 0 Å². The molecule has 0 unspecified atom stereocenters. The molecule has 0 aromatic carbocycles. The molecule has 2 N–H and O–H groups in total. The maximum absolute atomic E-state index is 13.3. The molecule has 2 atom stereocenters. The van der Waals surface area contributed by atoms with Crippen LogP contribution in [0.4, 0.5) is 35.3 Å². The van der Waals surface area contributed by atoms with Gasteiger partial charge in [0.2, 0.25) is 0 Å². The minimum absolute atomic E-state index is 0.204. The fourth-order valence-electron chi connectivity index (χ4n) is 4.13. The van der Waals surface area contributed by atoms with Gasteiger partial charge in [0.15, 0.2) is 18.0 Å². The number of carbonyl (C=O) groups excluding carboxylic acids is 2. The second-order valence-electron chi connectivity index (χ2n) is 8.26. The number of oxazole rings is 1. The van der Waals surface area contributed by atoms with E-state index in [4.69, 9.17) is 4.42 Å². The Balaban J connectivity index is 1.42. The van der Waals surface area contributed by atoms with E-state index in [1.807, 2.05) is 10.2 Å². The summed E-state index contributed by atoms with van der Waals surface area (Å²) < 4.78 is 43.9. The zero-order valence-electron chi connectivity index (χ0n) is 18.4. The minimum atomic E-state index is -4.59. The maximum Gasteiger partial charge on any atom is 0.408 e. The van der Waals surface area contributed by atoms with Crippen LogP contribution in [0.3, 0.4) is 0 Å². The number of carbonyl (C=O) groups is 2. The van der Waals surface area contributed by atoms with Crippen LogP contribution in [0.1, 0.15) is 23.8 Å². The Hall–Kier alpha value is -4.16. The van der Waals surface area contributed by atoms with Gasteiger partial charge in [-0.05, 0) is 37.6 Å². The third kappa shape index (κ3) is 4.36. The molecule has 0 saturated carbocycles. The molecule has 5 rings (SSSR count). The Morgan fingerprint density at radius 2 is 2.09 bits per heavy atom. The Morgan fingerprint density at radius 3 is 2.83 bits per heavy atom. The van der Waals surface area contributed by atoms with E-state index in [2.05, 4.69) is 20.3 Å². The van der Waals surface area contributed by atoms with E-state index in [1.54, 1.807) is 18.2 Å². The quantitative estimate of drug-likeness (QED) is 0.579. The van der Waals surface area contributed by atoms with Gasteiger partial charge in [-0.25, -0.2) is 19.7 Å². The lowest BCUT2D eigenvalue weighted by molar-refractivity contribution is -0.149. The van der Waals surface area contributed by atoms with Crippen LogP contribution in [-0.4, -0.2) is 58.2 Å². The predicted molar refractivity (Wildman–Crippen MR) is 119 cm³/mol. The smallest absolute Gasteiger partial charge is 0.408 e. The van der Waals surface area contributed by atoms with Crippen molar-refractivity contribution in [3.8, 4) is 11.3 Å².